The van der Waals surface area contributed by atoms with E-state index in [9.17, 15) is 9.59 Å². The fourth-order valence-corrected chi connectivity index (χ4v) is 4.17. The van der Waals surface area contributed by atoms with Gasteiger partial charge in [-0.1, -0.05) is 36.8 Å². The van der Waals surface area contributed by atoms with Crippen LogP contribution >= 0.6 is 12.6 Å². The van der Waals surface area contributed by atoms with Gasteiger partial charge in [-0.05, 0) is 51.0 Å². The molecule has 7 heteroatoms. The molecule has 0 saturated heterocycles. The van der Waals surface area contributed by atoms with Crippen LogP contribution in [0.5, 0.6) is 0 Å². The molecule has 0 aliphatic heterocycles. The molecule has 0 aliphatic carbocycles. The minimum atomic E-state index is -0.299. The predicted octanol–water partition coefficient (Wildman–Crippen LogP) is 5.98. The largest absolute Gasteiger partial charge is 0.456 e. The maximum atomic E-state index is 13.3. The number of carbonyl (C=O) groups is 1. The second-order valence-electron chi connectivity index (χ2n) is 8.29. The van der Waals surface area contributed by atoms with Crippen LogP contribution in [0.25, 0.3) is 26.8 Å². The number of furan rings is 1. The van der Waals surface area contributed by atoms with Crippen molar-refractivity contribution in [2.24, 2.45) is 0 Å². The van der Waals surface area contributed by atoms with Crippen LogP contribution in [0.2, 0.25) is 0 Å². The van der Waals surface area contributed by atoms with Gasteiger partial charge in [0.25, 0.3) is 5.56 Å². The first kappa shape index (κ1) is 22.9. The molecule has 170 valence electrons. The average Bonchev–Trinajstić information content (AvgIpc) is 3.18. The Hall–Kier alpha value is -3.32. The number of hydrogen-bond donors (Lipinski definition) is 2. The van der Waals surface area contributed by atoms with Gasteiger partial charge in [0.15, 0.2) is 0 Å². The van der Waals surface area contributed by atoms with Gasteiger partial charge in [0.2, 0.25) is 0 Å². The van der Waals surface area contributed by atoms with E-state index in [1.54, 1.807) is 0 Å². The number of benzene rings is 2. The smallest absolute Gasteiger partial charge is 0.277 e. The van der Waals surface area contributed by atoms with E-state index in [1.807, 2.05) is 57.2 Å². The van der Waals surface area contributed by atoms with Crippen molar-refractivity contribution in [3.05, 3.63) is 76.0 Å². The van der Waals surface area contributed by atoms with Gasteiger partial charge in [0, 0.05) is 21.7 Å². The summed E-state index contributed by atoms with van der Waals surface area (Å²) in [6.07, 6.45) is 2.30. The third-order valence-corrected chi connectivity index (χ3v) is 6.43. The number of hydrogen-bond acceptors (Lipinski definition) is 6. The van der Waals surface area contributed by atoms with Gasteiger partial charge in [-0.2, -0.15) is 0 Å². The molecule has 2 heterocycles. The Morgan fingerprint density at radius 1 is 1.15 bits per heavy atom. The molecule has 1 N–H and O–H groups in total. The Labute approximate surface area is 197 Å². The number of nitrogens with zero attached hydrogens (tertiary/aromatic N) is 2. The lowest BCUT2D eigenvalue weighted by Crippen LogP contribution is -2.30. The van der Waals surface area contributed by atoms with Gasteiger partial charge in [0.1, 0.15) is 28.5 Å². The highest BCUT2D eigenvalue weighted by atomic mass is 32.1. The summed E-state index contributed by atoms with van der Waals surface area (Å²) in [5, 5.41) is 5.35. The topological polar surface area (TPSA) is 77.1 Å². The van der Waals surface area contributed by atoms with Crippen LogP contribution in [0, 0.1) is 0 Å². The third kappa shape index (κ3) is 4.46. The molecule has 0 radical (unpaired) electrons. The first-order valence-corrected chi connectivity index (χ1v) is 11.4. The van der Waals surface area contributed by atoms with E-state index in [0.29, 0.717) is 16.4 Å². The zero-order valence-electron chi connectivity index (χ0n) is 19.2. The summed E-state index contributed by atoms with van der Waals surface area (Å²) in [5.74, 6) is 0.278. The van der Waals surface area contributed by atoms with Crippen molar-refractivity contribution in [3.8, 4) is 0 Å². The molecule has 4 rings (SSSR count). The van der Waals surface area contributed by atoms with Crippen molar-refractivity contribution in [1.29, 1.82) is 0 Å². The normalized spacial score (nSPS) is 13.2. The van der Waals surface area contributed by atoms with E-state index in [-0.39, 0.29) is 23.9 Å². The van der Waals surface area contributed by atoms with E-state index >= 15 is 0 Å². The zero-order valence-corrected chi connectivity index (χ0v) is 20.1. The minimum absolute atomic E-state index is 0.0565. The number of ketones is 1. The summed E-state index contributed by atoms with van der Waals surface area (Å²) >= 11 is 4.57. The Morgan fingerprint density at radius 3 is 2.61 bits per heavy atom. The molecular formula is C26H27N3O3S. The summed E-state index contributed by atoms with van der Waals surface area (Å²) in [7, 11) is 0. The van der Waals surface area contributed by atoms with Crippen LogP contribution in [0.3, 0.4) is 0 Å². The number of anilines is 1. The van der Waals surface area contributed by atoms with Crippen LogP contribution in [0.1, 0.15) is 51.5 Å². The van der Waals surface area contributed by atoms with Crippen LogP contribution < -0.4 is 10.9 Å². The van der Waals surface area contributed by atoms with Gasteiger partial charge >= 0.3 is 0 Å². The molecule has 0 aliphatic rings. The summed E-state index contributed by atoms with van der Waals surface area (Å²) in [6.45, 7) is 7.33. The number of carbonyl (C=O) groups excluding carboxylic acids is 1. The van der Waals surface area contributed by atoms with Crippen LogP contribution in [-0.2, 0) is 11.3 Å². The van der Waals surface area contributed by atoms with Crippen molar-refractivity contribution in [2.45, 2.75) is 46.7 Å². The highest BCUT2D eigenvalue weighted by Gasteiger charge is 2.17. The molecule has 33 heavy (non-hydrogen) atoms. The molecule has 0 saturated carbocycles. The first-order valence-electron chi connectivity index (χ1n) is 11.0. The van der Waals surface area contributed by atoms with Gasteiger partial charge in [-0.3, -0.25) is 14.2 Å². The lowest BCUT2D eigenvalue weighted by atomic mass is 10.0. The molecule has 0 bridgehead atoms. The van der Waals surface area contributed by atoms with Crippen LogP contribution in [-0.4, -0.2) is 15.3 Å². The molecule has 0 fully saturated rings. The quantitative estimate of drug-likeness (QED) is 0.331. The van der Waals surface area contributed by atoms with E-state index in [2.05, 4.69) is 29.0 Å². The lowest BCUT2D eigenvalue weighted by molar-refractivity contribution is -0.117. The van der Waals surface area contributed by atoms with Gasteiger partial charge in [-0.15, -0.1) is 12.6 Å². The molecular weight excluding hydrogens is 434 g/mol. The number of aromatic nitrogens is 2. The zero-order chi connectivity index (χ0) is 23.7. The maximum absolute atomic E-state index is 13.3. The molecule has 2 aromatic carbocycles. The number of allylic oxidation sites excluding steroid dienone is 1. The molecule has 1 unspecified atom stereocenters. The highest BCUT2D eigenvalue weighted by molar-refractivity contribution is 7.90. The number of para-hydroxylation sites is 1. The third-order valence-electron chi connectivity index (χ3n) is 5.85. The first-order chi connectivity index (χ1) is 15.8. The van der Waals surface area contributed by atoms with Crippen molar-refractivity contribution in [2.75, 3.05) is 5.32 Å². The fourth-order valence-electron chi connectivity index (χ4n) is 3.84. The predicted molar refractivity (Wildman–Crippen MR) is 137 cm³/mol. The van der Waals surface area contributed by atoms with Gasteiger partial charge in [0.05, 0.1) is 12.7 Å². The molecule has 2 aromatic heterocycles. The fraction of sp³-hybridized carbons (Fsp3) is 0.269. The minimum Gasteiger partial charge on any atom is -0.456 e. The Balaban J connectivity index is 1.72. The van der Waals surface area contributed by atoms with E-state index < -0.39 is 0 Å². The van der Waals surface area contributed by atoms with Crippen LogP contribution in [0.4, 0.5) is 5.69 Å². The van der Waals surface area contributed by atoms with Gasteiger partial charge in [-0.25, -0.2) is 4.98 Å². The van der Waals surface area contributed by atoms with E-state index in [1.165, 1.54) is 17.7 Å². The highest BCUT2D eigenvalue weighted by Crippen LogP contribution is 2.31. The van der Waals surface area contributed by atoms with Crippen molar-refractivity contribution in [3.63, 3.8) is 0 Å². The number of rotatable bonds is 7. The monoisotopic (exact) mass is 461 g/mol. The molecule has 0 spiro atoms. The average molecular weight is 462 g/mol. The standard InChI is InChI=1S/C26H27N3O3S/c1-5-15(2)24(33)25-27-13-21(26(31)29(25)14-16(3)30)28-17(4)18-10-11-23-20(12-18)19-8-6-7-9-22(19)32-23/h6-13,17,28,33H,5,14H2,1-4H3/b24-15+. The molecule has 6 nitrogen and oxygen atoms in total. The molecule has 0 amide bonds. The summed E-state index contributed by atoms with van der Waals surface area (Å²) in [4.78, 5) is 30.3. The Morgan fingerprint density at radius 2 is 1.88 bits per heavy atom. The maximum Gasteiger partial charge on any atom is 0.277 e. The van der Waals surface area contributed by atoms with Gasteiger partial charge < -0.3 is 9.73 Å². The van der Waals surface area contributed by atoms with Crippen molar-refractivity contribution in [1.82, 2.24) is 9.55 Å². The van der Waals surface area contributed by atoms with E-state index in [0.717, 1.165) is 39.5 Å². The molecule has 4 aromatic rings. The SMILES string of the molecule is CC/C(C)=C(/S)c1ncc(NC(C)c2ccc3oc4ccccc4c3c2)c(=O)n1CC(C)=O. The Kier molecular flexibility index (Phi) is 6.42. The summed E-state index contributed by atoms with van der Waals surface area (Å²) in [5.41, 5.74) is 3.70. The number of fused-ring (bicyclic) bond motifs is 3. The van der Waals surface area contributed by atoms with Crippen molar-refractivity contribution < 1.29 is 9.21 Å². The lowest BCUT2D eigenvalue weighted by Gasteiger charge is -2.18. The number of thiol groups is 1. The summed E-state index contributed by atoms with van der Waals surface area (Å²) in [6, 6.07) is 13.8. The van der Waals surface area contributed by atoms with Crippen LogP contribution in [0.15, 0.2) is 63.4 Å². The Bertz CT molecular complexity index is 1450. The number of Topliss-reactive ketones (excluding diaryl/α,β-unsaturated/α-hetero) is 1. The second-order valence-corrected chi connectivity index (χ2v) is 8.74. The van der Waals surface area contributed by atoms with Crippen molar-refractivity contribution >= 4 is 50.9 Å². The molecule has 1 atom stereocenters. The van der Waals surface area contributed by atoms with E-state index in [4.69, 9.17) is 4.42 Å². The second kappa shape index (κ2) is 9.27. The number of nitrogens with one attached hydrogen (secondary N) is 1. The summed E-state index contributed by atoms with van der Waals surface area (Å²) < 4.78 is 7.31.